The molecule has 0 aliphatic heterocycles. The van der Waals surface area contributed by atoms with E-state index >= 15 is 0 Å². The number of nitrogen functional groups attached to an aromatic ring is 1. The lowest BCUT2D eigenvalue weighted by Gasteiger charge is -2.19. The largest absolute Gasteiger partial charge is 0.493 e. The van der Waals surface area contributed by atoms with Gasteiger partial charge in [0.15, 0.2) is 0 Å². The van der Waals surface area contributed by atoms with Gasteiger partial charge >= 0.3 is 0 Å². The number of ether oxygens (including phenoxy) is 1. The predicted molar refractivity (Wildman–Crippen MR) is 101 cm³/mol. The number of aryl methyl sites for hydroxylation is 2. The molecule has 2 aromatic carbocycles. The predicted octanol–water partition coefficient (Wildman–Crippen LogP) is 3.85. The molecular weight excluding hydrogens is 324 g/mol. The lowest BCUT2D eigenvalue weighted by molar-refractivity contribution is 0.0787. The van der Waals surface area contributed by atoms with E-state index in [1.807, 2.05) is 50.2 Å². The Labute approximate surface area is 150 Å². The van der Waals surface area contributed by atoms with E-state index in [0.29, 0.717) is 24.4 Å². The molecule has 0 aliphatic carbocycles. The van der Waals surface area contributed by atoms with Gasteiger partial charge in [-0.15, -0.1) is 12.4 Å². The van der Waals surface area contributed by atoms with Crippen LogP contribution in [0.2, 0.25) is 0 Å². The number of amides is 1. The van der Waals surface area contributed by atoms with Gasteiger partial charge in [-0.05, 0) is 49.6 Å². The molecule has 0 aromatic heterocycles. The van der Waals surface area contributed by atoms with E-state index in [9.17, 15) is 4.79 Å². The number of halogens is 1. The highest BCUT2D eigenvalue weighted by molar-refractivity contribution is 5.96. The summed E-state index contributed by atoms with van der Waals surface area (Å²) >= 11 is 0. The molecule has 130 valence electrons. The molecule has 0 fully saturated rings. The maximum atomic E-state index is 12.5. The Kier molecular flexibility index (Phi) is 7.59. The first-order valence-corrected chi connectivity index (χ1v) is 7.79. The topological polar surface area (TPSA) is 55.6 Å². The second-order valence-electron chi connectivity index (χ2n) is 5.77. The molecular formula is C19H25ClN2O2. The van der Waals surface area contributed by atoms with E-state index in [1.54, 1.807) is 18.0 Å². The third-order valence-electron chi connectivity index (χ3n) is 3.83. The van der Waals surface area contributed by atoms with Crippen LogP contribution in [0.25, 0.3) is 0 Å². The van der Waals surface area contributed by atoms with Crippen molar-refractivity contribution in [2.24, 2.45) is 0 Å². The van der Waals surface area contributed by atoms with Crippen molar-refractivity contribution in [3.05, 3.63) is 59.2 Å². The molecule has 4 nitrogen and oxygen atoms in total. The van der Waals surface area contributed by atoms with Crippen molar-refractivity contribution >= 4 is 24.0 Å². The van der Waals surface area contributed by atoms with Gasteiger partial charge in [0.05, 0.1) is 6.61 Å². The minimum Gasteiger partial charge on any atom is -0.493 e. The van der Waals surface area contributed by atoms with Gasteiger partial charge in [0, 0.05) is 24.8 Å². The lowest BCUT2D eigenvalue weighted by atomic mass is 10.1. The van der Waals surface area contributed by atoms with Crippen LogP contribution in [0.5, 0.6) is 5.75 Å². The summed E-state index contributed by atoms with van der Waals surface area (Å²) in [6, 6.07) is 13.3. The summed E-state index contributed by atoms with van der Waals surface area (Å²) in [5, 5.41) is 0. The molecule has 0 bridgehead atoms. The third kappa shape index (κ3) is 5.17. The van der Waals surface area contributed by atoms with Gasteiger partial charge in [0.2, 0.25) is 0 Å². The maximum Gasteiger partial charge on any atom is 0.253 e. The molecule has 2 N–H and O–H groups in total. The normalized spacial score (nSPS) is 9.96. The van der Waals surface area contributed by atoms with Crippen LogP contribution in [0.15, 0.2) is 42.5 Å². The summed E-state index contributed by atoms with van der Waals surface area (Å²) in [5.41, 5.74) is 9.10. The number of nitrogens with two attached hydrogens (primary N) is 1. The minimum absolute atomic E-state index is 0. The molecule has 0 saturated heterocycles. The average Bonchev–Trinajstić information content (AvgIpc) is 2.54. The summed E-state index contributed by atoms with van der Waals surface area (Å²) in [5.74, 6) is 0.888. The molecule has 2 rings (SSSR count). The average molecular weight is 349 g/mol. The Morgan fingerprint density at radius 2 is 1.83 bits per heavy atom. The summed E-state index contributed by atoms with van der Waals surface area (Å²) in [7, 11) is 1.80. The summed E-state index contributed by atoms with van der Waals surface area (Å²) < 4.78 is 5.76. The second kappa shape index (κ2) is 9.18. The van der Waals surface area contributed by atoms with Crippen molar-refractivity contribution in [2.75, 3.05) is 25.9 Å². The number of carbonyl (C=O) groups excluding carboxylic acids is 1. The Hall–Kier alpha value is -2.20. The fourth-order valence-electron chi connectivity index (χ4n) is 2.38. The Balaban J connectivity index is 0.00000288. The van der Waals surface area contributed by atoms with Crippen LogP contribution in [0.1, 0.15) is 27.9 Å². The van der Waals surface area contributed by atoms with Gasteiger partial charge in [-0.1, -0.05) is 24.3 Å². The minimum atomic E-state index is -0.00862. The van der Waals surface area contributed by atoms with Crippen LogP contribution in [0.3, 0.4) is 0 Å². The van der Waals surface area contributed by atoms with Gasteiger partial charge in [-0.25, -0.2) is 0 Å². The van der Waals surface area contributed by atoms with Crippen LogP contribution in [0, 0.1) is 13.8 Å². The fraction of sp³-hybridized carbons (Fsp3) is 0.316. The molecule has 1 amide bonds. The van der Waals surface area contributed by atoms with E-state index < -0.39 is 0 Å². The third-order valence-corrected chi connectivity index (χ3v) is 3.83. The van der Waals surface area contributed by atoms with E-state index in [-0.39, 0.29) is 18.3 Å². The number of hydrogen-bond acceptors (Lipinski definition) is 3. The van der Waals surface area contributed by atoms with Gasteiger partial charge in [0.1, 0.15) is 5.75 Å². The second-order valence-corrected chi connectivity index (χ2v) is 5.77. The number of nitrogens with zero attached hydrogens (tertiary/aromatic N) is 1. The number of hydrogen-bond donors (Lipinski definition) is 1. The number of carbonyl (C=O) groups is 1. The first kappa shape index (κ1) is 19.8. The van der Waals surface area contributed by atoms with Gasteiger partial charge in [-0.2, -0.15) is 0 Å². The highest BCUT2D eigenvalue weighted by Crippen LogP contribution is 2.17. The molecule has 2 aromatic rings. The molecule has 0 saturated carbocycles. The molecule has 0 radical (unpaired) electrons. The van der Waals surface area contributed by atoms with Crippen molar-refractivity contribution in [3.63, 3.8) is 0 Å². The van der Waals surface area contributed by atoms with Crippen LogP contribution in [-0.4, -0.2) is 31.0 Å². The van der Waals surface area contributed by atoms with E-state index in [1.165, 1.54) is 0 Å². The van der Waals surface area contributed by atoms with E-state index in [4.69, 9.17) is 10.5 Å². The molecule has 0 atom stereocenters. The zero-order chi connectivity index (χ0) is 16.8. The number of benzene rings is 2. The summed E-state index contributed by atoms with van der Waals surface area (Å²) in [6.45, 7) is 5.16. The summed E-state index contributed by atoms with van der Waals surface area (Å²) in [4.78, 5) is 14.2. The first-order chi connectivity index (χ1) is 11.0. The SMILES string of the molecule is Cc1ccccc1OCCCN(C)C(=O)c1cc(N)ccc1C.Cl. The molecule has 24 heavy (non-hydrogen) atoms. The fourth-order valence-corrected chi connectivity index (χ4v) is 2.38. The monoisotopic (exact) mass is 348 g/mol. The standard InChI is InChI=1S/C19H24N2O2.ClH/c1-14-9-10-16(20)13-17(14)19(22)21(3)11-6-12-23-18-8-5-4-7-15(18)2;/h4-5,7-10,13H,6,11-12,20H2,1-3H3;1H. The van der Waals surface area contributed by atoms with E-state index in [2.05, 4.69) is 0 Å². The first-order valence-electron chi connectivity index (χ1n) is 7.79. The van der Waals surface area contributed by atoms with Gasteiger partial charge in [-0.3, -0.25) is 4.79 Å². The Morgan fingerprint density at radius 3 is 2.54 bits per heavy atom. The number of anilines is 1. The maximum absolute atomic E-state index is 12.5. The van der Waals surface area contributed by atoms with Crippen molar-refractivity contribution < 1.29 is 9.53 Å². The molecule has 0 spiro atoms. The lowest BCUT2D eigenvalue weighted by Crippen LogP contribution is -2.29. The van der Waals surface area contributed by atoms with Crippen LogP contribution in [-0.2, 0) is 0 Å². The Bertz CT molecular complexity index is 689. The number of rotatable bonds is 6. The van der Waals surface area contributed by atoms with Crippen molar-refractivity contribution in [1.82, 2.24) is 4.90 Å². The summed E-state index contributed by atoms with van der Waals surface area (Å²) in [6.07, 6.45) is 0.776. The van der Waals surface area contributed by atoms with Gasteiger partial charge < -0.3 is 15.4 Å². The van der Waals surface area contributed by atoms with Gasteiger partial charge in [0.25, 0.3) is 5.91 Å². The van der Waals surface area contributed by atoms with Crippen molar-refractivity contribution in [3.8, 4) is 5.75 Å². The van der Waals surface area contributed by atoms with Crippen LogP contribution < -0.4 is 10.5 Å². The molecule has 5 heteroatoms. The van der Waals surface area contributed by atoms with Crippen molar-refractivity contribution in [1.29, 1.82) is 0 Å². The molecule has 0 heterocycles. The quantitative estimate of drug-likeness (QED) is 0.637. The van der Waals surface area contributed by atoms with Crippen LogP contribution >= 0.6 is 12.4 Å². The highest BCUT2D eigenvalue weighted by atomic mass is 35.5. The van der Waals surface area contributed by atoms with Crippen LogP contribution in [0.4, 0.5) is 5.69 Å². The smallest absolute Gasteiger partial charge is 0.253 e. The zero-order valence-electron chi connectivity index (χ0n) is 14.4. The number of para-hydroxylation sites is 1. The van der Waals surface area contributed by atoms with E-state index in [0.717, 1.165) is 23.3 Å². The highest BCUT2D eigenvalue weighted by Gasteiger charge is 2.14. The molecule has 0 unspecified atom stereocenters. The van der Waals surface area contributed by atoms with Crippen molar-refractivity contribution in [2.45, 2.75) is 20.3 Å². The zero-order valence-corrected chi connectivity index (χ0v) is 15.2. The Morgan fingerprint density at radius 1 is 1.12 bits per heavy atom. The molecule has 0 aliphatic rings.